The van der Waals surface area contributed by atoms with Gasteiger partial charge in [-0.2, -0.15) is 0 Å². The van der Waals surface area contributed by atoms with Crippen LogP contribution in [0.5, 0.6) is 11.5 Å². The first kappa shape index (κ1) is 33.7. The molecule has 0 atom stereocenters. The van der Waals surface area contributed by atoms with Crippen LogP contribution in [0.1, 0.15) is 28.9 Å². The number of methoxy groups -OCH3 is 2. The zero-order valence-corrected chi connectivity index (χ0v) is 29.6. The second-order valence-electron chi connectivity index (χ2n) is 12.6. The van der Waals surface area contributed by atoms with Crippen LogP contribution in [-0.4, -0.2) is 55.2 Å². The summed E-state index contributed by atoms with van der Waals surface area (Å²) in [6, 6.07) is 23.5. The van der Waals surface area contributed by atoms with E-state index in [-0.39, 0.29) is 11.8 Å². The van der Waals surface area contributed by atoms with Crippen molar-refractivity contribution in [1.82, 2.24) is 14.9 Å². The molecule has 1 fully saturated rings. The van der Waals surface area contributed by atoms with Crippen molar-refractivity contribution in [3.8, 4) is 22.6 Å². The zero-order valence-electron chi connectivity index (χ0n) is 28.8. The Morgan fingerprint density at radius 3 is 2.55 bits per heavy atom. The number of aromatic nitrogens is 2. The highest BCUT2D eigenvalue weighted by Gasteiger charge is 2.22. The molecule has 11 heteroatoms. The minimum absolute atomic E-state index is 0.144. The van der Waals surface area contributed by atoms with Crippen molar-refractivity contribution in [3.63, 3.8) is 0 Å². The monoisotopic (exact) mass is 700 g/mol. The molecule has 0 saturated carbocycles. The van der Waals surface area contributed by atoms with Gasteiger partial charge in [0.15, 0.2) is 0 Å². The number of amides is 2. The van der Waals surface area contributed by atoms with Crippen molar-refractivity contribution in [2.75, 3.05) is 49.8 Å². The van der Waals surface area contributed by atoms with Crippen molar-refractivity contribution >= 4 is 67.4 Å². The molecule has 1 saturated heterocycles. The third-order valence-corrected chi connectivity index (χ3v) is 10.6. The van der Waals surface area contributed by atoms with Gasteiger partial charge >= 0.3 is 0 Å². The number of carbonyl (C=O) groups excluding carboxylic acids is 2. The maximum Gasteiger partial charge on any atom is 0.272 e. The third kappa shape index (κ3) is 6.85. The van der Waals surface area contributed by atoms with E-state index in [1.807, 2.05) is 83.7 Å². The van der Waals surface area contributed by atoms with Gasteiger partial charge in [-0.05, 0) is 72.2 Å². The molecule has 1 aliphatic heterocycles. The smallest absolute Gasteiger partial charge is 0.272 e. The maximum absolute atomic E-state index is 13.3. The Morgan fingerprint density at radius 1 is 1.00 bits per heavy atom. The van der Waals surface area contributed by atoms with Crippen LogP contribution in [0.3, 0.4) is 0 Å². The Bertz CT molecular complexity index is 2270. The summed E-state index contributed by atoms with van der Waals surface area (Å²) in [5, 5.41) is 9.92. The summed E-state index contributed by atoms with van der Waals surface area (Å²) in [6.07, 6.45) is 7.03. The number of benzene rings is 3. The number of anilines is 3. The first-order valence-corrected chi connectivity index (χ1v) is 17.8. The van der Waals surface area contributed by atoms with Crippen LogP contribution in [0.25, 0.3) is 38.2 Å². The summed E-state index contributed by atoms with van der Waals surface area (Å²) < 4.78 is 14.1. The van der Waals surface area contributed by atoms with Crippen LogP contribution in [-0.2, 0) is 11.8 Å². The molecule has 0 bridgehead atoms. The van der Waals surface area contributed by atoms with E-state index in [2.05, 4.69) is 26.6 Å². The lowest BCUT2D eigenvalue weighted by atomic mass is 9.96. The SMILES string of the molecule is COc1cc(-c2csc3c(/C=C/C(=O)NCC4CCN(c5ccccc5OC)CC4)cnc(N)c23)ccc1NC(=O)c1cc2ccccc2n1C. The Morgan fingerprint density at radius 2 is 1.76 bits per heavy atom. The lowest BCUT2D eigenvalue weighted by Gasteiger charge is -2.34. The van der Waals surface area contributed by atoms with Crippen molar-refractivity contribution in [2.24, 2.45) is 13.0 Å². The molecule has 4 heterocycles. The summed E-state index contributed by atoms with van der Waals surface area (Å²) in [4.78, 5) is 33.0. The minimum atomic E-state index is -0.232. The summed E-state index contributed by atoms with van der Waals surface area (Å²) in [7, 11) is 5.15. The molecule has 2 amide bonds. The van der Waals surface area contributed by atoms with E-state index in [1.165, 1.54) is 11.3 Å². The lowest BCUT2D eigenvalue weighted by Crippen LogP contribution is -2.38. The van der Waals surface area contributed by atoms with Crippen molar-refractivity contribution in [3.05, 3.63) is 102 Å². The van der Waals surface area contributed by atoms with Gasteiger partial charge in [-0.1, -0.05) is 36.4 Å². The number of nitrogens with zero attached hydrogens (tertiary/aromatic N) is 3. The highest BCUT2D eigenvalue weighted by molar-refractivity contribution is 7.18. The largest absolute Gasteiger partial charge is 0.495 e. The molecule has 51 heavy (non-hydrogen) atoms. The molecule has 4 N–H and O–H groups in total. The number of hydrogen-bond donors (Lipinski definition) is 3. The summed E-state index contributed by atoms with van der Waals surface area (Å²) in [6.45, 7) is 2.46. The Kier molecular flexibility index (Phi) is 9.63. The van der Waals surface area contributed by atoms with Gasteiger partial charge in [-0.3, -0.25) is 9.59 Å². The van der Waals surface area contributed by atoms with E-state index in [0.717, 1.165) is 75.0 Å². The van der Waals surface area contributed by atoms with Gasteiger partial charge < -0.3 is 35.3 Å². The average Bonchev–Trinajstić information content (AvgIpc) is 3.77. The van der Waals surface area contributed by atoms with Crippen LogP contribution in [0, 0.1) is 5.92 Å². The van der Waals surface area contributed by atoms with E-state index in [1.54, 1.807) is 32.6 Å². The van der Waals surface area contributed by atoms with Gasteiger partial charge in [-0.25, -0.2) is 4.98 Å². The molecule has 3 aromatic carbocycles. The van der Waals surface area contributed by atoms with Gasteiger partial charge in [0.1, 0.15) is 23.0 Å². The molecular formula is C40H40N6O4S. The van der Waals surface area contributed by atoms with Gasteiger partial charge in [0.25, 0.3) is 5.91 Å². The van der Waals surface area contributed by atoms with Gasteiger partial charge in [0.05, 0.1) is 25.6 Å². The predicted molar refractivity (Wildman–Crippen MR) is 207 cm³/mol. The van der Waals surface area contributed by atoms with Crippen LogP contribution in [0.2, 0.25) is 0 Å². The average molecular weight is 701 g/mol. The minimum Gasteiger partial charge on any atom is -0.495 e. The zero-order chi connectivity index (χ0) is 35.5. The number of nitrogen functional groups attached to an aromatic ring is 1. The molecule has 0 unspecified atom stereocenters. The molecule has 260 valence electrons. The molecule has 1 aliphatic rings. The lowest BCUT2D eigenvalue weighted by molar-refractivity contribution is -0.116. The normalized spacial score (nSPS) is 13.6. The molecule has 10 nitrogen and oxygen atoms in total. The van der Waals surface area contributed by atoms with Crippen LogP contribution in [0.4, 0.5) is 17.2 Å². The number of rotatable bonds is 10. The summed E-state index contributed by atoms with van der Waals surface area (Å²) in [5.74, 6) is 1.83. The standard InChI is InChI=1S/C40H40N6O4S/c1-45-31-9-5-4-8-27(31)20-33(45)40(48)44-30-14-12-26(21-35(30)50-3)29-24-51-38-28(23-43-39(41)37(29)38)13-15-36(47)42-22-25-16-18-46(19-17-25)32-10-6-7-11-34(32)49-2/h4-15,20-21,23-25H,16-19,22H2,1-3H3,(H2,41,43)(H,42,47)(H,44,48)/b15-13+. The molecule has 0 spiro atoms. The number of ether oxygens (including phenoxy) is 2. The number of carbonyl (C=O) groups is 2. The molecular weight excluding hydrogens is 661 g/mol. The fraction of sp³-hybridized carbons (Fsp3) is 0.225. The van der Waals surface area contributed by atoms with E-state index < -0.39 is 0 Å². The number of hydrogen-bond acceptors (Lipinski definition) is 8. The fourth-order valence-electron chi connectivity index (χ4n) is 6.81. The van der Waals surface area contributed by atoms with Crippen LogP contribution in [0.15, 0.2) is 90.4 Å². The second kappa shape index (κ2) is 14.6. The highest BCUT2D eigenvalue weighted by atomic mass is 32.1. The number of thiophene rings is 1. The third-order valence-electron chi connectivity index (χ3n) is 9.62. The highest BCUT2D eigenvalue weighted by Crippen LogP contribution is 2.41. The number of aryl methyl sites for hydroxylation is 1. The molecule has 3 aromatic heterocycles. The molecule has 0 aliphatic carbocycles. The van der Waals surface area contributed by atoms with E-state index in [4.69, 9.17) is 15.2 Å². The Hall–Kier alpha value is -5.81. The molecule has 7 rings (SSSR count). The Labute approximate surface area is 300 Å². The van der Waals surface area contributed by atoms with Gasteiger partial charge in [0.2, 0.25) is 5.91 Å². The summed E-state index contributed by atoms with van der Waals surface area (Å²) in [5.41, 5.74) is 12.2. The summed E-state index contributed by atoms with van der Waals surface area (Å²) >= 11 is 1.54. The second-order valence-corrected chi connectivity index (χ2v) is 13.5. The van der Waals surface area contributed by atoms with E-state index >= 15 is 0 Å². The van der Waals surface area contributed by atoms with Crippen LogP contribution < -0.4 is 30.7 Å². The van der Waals surface area contributed by atoms with Crippen molar-refractivity contribution in [2.45, 2.75) is 12.8 Å². The van der Waals surface area contributed by atoms with Crippen molar-refractivity contribution in [1.29, 1.82) is 0 Å². The fourth-order valence-corrected chi connectivity index (χ4v) is 7.89. The Balaban J connectivity index is 1.02. The first-order valence-electron chi connectivity index (χ1n) is 16.9. The molecule has 6 aromatic rings. The number of nitrogens with one attached hydrogen (secondary N) is 2. The predicted octanol–water partition coefficient (Wildman–Crippen LogP) is 7.35. The van der Waals surface area contributed by atoms with Crippen LogP contribution >= 0.6 is 11.3 Å². The van der Waals surface area contributed by atoms with Crippen molar-refractivity contribution < 1.29 is 19.1 Å². The first-order chi connectivity index (χ1) is 24.8. The van der Waals surface area contributed by atoms with E-state index in [9.17, 15) is 9.59 Å². The van der Waals surface area contributed by atoms with E-state index in [0.29, 0.717) is 35.4 Å². The van der Waals surface area contributed by atoms with Gasteiger partial charge in [0, 0.05) is 71.1 Å². The quantitative estimate of drug-likeness (QED) is 0.128. The number of piperidine rings is 1. The topological polar surface area (TPSA) is 124 Å². The number of para-hydroxylation sites is 3. The number of fused-ring (bicyclic) bond motifs is 2. The molecule has 0 radical (unpaired) electrons. The van der Waals surface area contributed by atoms with Gasteiger partial charge in [-0.15, -0.1) is 11.3 Å². The maximum atomic E-state index is 13.3. The number of nitrogens with two attached hydrogens (primary N) is 1. The number of pyridine rings is 1.